The molecule has 0 saturated carbocycles. The number of nitrogens with zero attached hydrogens (tertiary/aromatic N) is 2. The van der Waals surface area contributed by atoms with Crippen molar-refractivity contribution in [1.82, 2.24) is 10.4 Å². The summed E-state index contributed by atoms with van der Waals surface area (Å²) in [6.45, 7) is 13.5. The Kier molecular flexibility index (Phi) is 8.99. The first kappa shape index (κ1) is 25.2. The Morgan fingerprint density at radius 2 is 1.54 bits per heavy atom. The van der Waals surface area contributed by atoms with Crippen molar-refractivity contribution in [2.75, 3.05) is 7.11 Å². The number of esters is 1. The molecule has 2 amide bonds. The van der Waals surface area contributed by atoms with Gasteiger partial charge in [0.15, 0.2) is 0 Å². The first-order valence-electron chi connectivity index (χ1n) is 8.83. The number of methoxy groups -OCH3 is 1. The Bertz CT molecular complexity index is 650. The Morgan fingerprint density at radius 1 is 1.04 bits per heavy atom. The molecule has 0 spiro atoms. The summed E-state index contributed by atoms with van der Waals surface area (Å²) in [7, 11) is 1.14. The molecular formula is C19H31N3O6. The van der Waals surface area contributed by atoms with Gasteiger partial charge in [0.1, 0.15) is 22.8 Å². The first-order valence-corrected chi connectivity index (χ1v) is 8.83. The number of hydrogen-bond donors (Lipinski definition) is 1. The molecule has 0 fully saturated rings. The predicted octanol–water partition coefficient (Wildman–Crippen LogP) is 3.31. The number of hydrazine groups is 1. The summed E-state index contributed by atoms with van der Waals surface area (Å²) in [5.74, 6) is -1.15. The molecule has 28 heavy (non-hydrogen) atoms. The molecule has 1 atom stereocenters. The lowest BCUT2D eigenvalue weighted by Crippen LogP contribution is -2.55. The first-order chi connectivity index (χ1) is 12.6. The fourth-order valence-corrected chi connectivity index (χ4v) is 1.95. The molecule has 9 nitrogen and oxygen atoms in total. The fourth-order valence-electron chi connectivity index (χ4n) is 1.95. The van der Waals surface area contributed by atoms with Crippen molar-refractivity contribution in [2.24, 2.45) is 5.92 Å². The van der Waals surface area contributed by atoms with Crippen molar-refractivity contribution in [3.05, 3.63) is 11.6 Å². The zero-order valence-electron chi connectivity index (χ0n) is 18.1. The topological polar surface area (TPSA) is 118 Å². The van der Waals surface area contributed by atoms with E-state index in [0.29, 0.717) is 0 Å². The van der Waals surface area contributed by atoms with Crippen LogP contribution in [0.4, 0.5) is 9.59 Å². The second-order valence-electron chi connectivity index (χ2n) is 8.38. The highest BCUT2D eigenvalue weighted by molar-refractivity contribution is 5.92. The number of hydrogen-bond acceptors (Lipinski definition) is 7. The van der Waals surface area contributed by atoms with Gasteiger partial charge in [-0.2, -0.15) is 5.26 Å². The summed E-state index contributed by atoms with van der Waals surface area (Å²) in [5, 5.41) is 10.1. The third-order valence-electron chi connectivity index (χ3n) is 3.05. The summed E-state index contributed by atoms with van der Waals surface area (Å²) < 4.78 is 15.1. The van der Waals surface area contributed by atoms with Gasteiger partial charge in [0.2, 0.25) is 0 Å². The summed E-state index contributed by atoms with van der Waals surface area (Å²) >= 11 is 0. The van der Waals surface area contributed by atoms with E-state index in [2.05, 4.69) is 10.2 Å². The number of ether oxygens (including phenoxy) is 3. The van der Waals surface area contributed by atoms with Crippen molar-refractivity contribution in [1.29, 1.82) is 5.26 Å². The minimum Gasteiger partial charge on any atom is -0.465 e. The second kappa shape index (κ2) is 9.97. The van der Waals surface area contributed by atoms with Gasteiger partial charge in [-0.05, 0) is 53.5 Å². The molecule has 0 rings (SSSR count). The maximum Gasteiger partial charge on any atom is 0.429 e. The highest BCUT2D eigenvalue weighted by Gasteiger charge is 2.33. The van der Waals surface area contributed by atoms with Crippen LogP contribution in [0.1, 0.15) is 55.4 Å². The van der Waals surface area contributed by atoms with Crippen LogP contribution in [0.5, 0.6) is 0 Å². The molecule has 0 heterocycles. The van der Waals surface area contributed by atoms with Crippen molar-refractivity contribution >= 4 is 18.2 Å². The quantitative estimate of drug-likeness (QED) is 0.254. The number of nitriles is 1. The van der Waals surface area contributed by atoms with Gasteiger partial charge >= 0.3 is 18.2 Å². The average Bonchev–Trinajstić information content (AvgIpc) is 2.49. The maximum absolute atomic E-state index is 12.7. The van der Waals surface area contributed by atoms with Crippen LogP contribution in [0.25, 0.3) is 0 Å². The molecule has 1 N–H and O–H groups in total. The minimum absolute atomic E-state index is 0.296. The van der Waals surface area contributed by atoms with Gasteiger partial charge in [-0.25, -0.2) is 24.8 Å². The van der Waals surface area contributed by atoms with Gasteiger partial charge in [0.25, 0.3) is 0 Å². The highest BCUT2D eigenvalue weighted by atomic mass is 16.6. The molecule has 0 saturated heterocycles. The highest BCUT2D eigenvalue weighted by Crippen LogP contribution is 2.18. The second-order valence-corrected chi connectivity index (χ2v) is 8.38. The summed E-state index contributed by atoms with van der Waals surface area (Å²) in [6.07, 6.45) is -0.498. The van der Waals surface area contributed by atoms with E-state index in [4.69, 9.17) is 9.47 Å². The molecule has 158 valence electrons. The van der Waals surface area contributed by atoms with Crippen LogP contribution >= 0.6 is 0 Å². The van der Waals surface area contributed by atoms with E-state index in [1.54, 1.807) is 61.5 Å². The molecule has 9 heteroatoms. The maximum atomic E-state index is 12.7. The minimum atomic E-state index is -0.881. The standard InChI is InChI=1S/C19H31N3O6/c1-12(2)14(10-13(11-20)15(23)26-9)22(17(25)28-19(6,7)8)21-16(24)27-18(3,4)5/h10,12,14H,1-9H3,(H,21,24)/b13-10+/t14-/m1/s1. The Balaban J connectivity index is 6.03. The predicted molar refractivity (Wildman–Crippen MR) is 102 cm³/mol. The van der Waals surface area contributed by atoms with Gasteiger partial charge < -0.3 is 14.2 Å². The monoisotopic (exact) mass is 397 g/mol. The van der Waals surface area contributed by atoms with E-state index in [9.17, 15) is 19.6 Å². The fraction of sp³-hybridized carbons (Fsp3) is 0.684. The molecule has 0 aliphatic heterocycles. The molecule has 0 aromatic carbocycles. The third kappa shape index (κ3) is 9.26. The van der Waals surface area contributed by atoms with Crippen LogP contribution in [0.2, 0.25) is 0 Å². The van der Waals surface area contributed by atoms with Crippen molar-refractivity contribution < 1.29 is 28.6 Å². The molecule has 0 aromatic heterocycles. The van der Waals surface area contributed by atoms with Gasteiger partial charge in [-0.3, -0.25) is 0 Å². The van der Waals surface area contributed by atoms with E-state index < -0.39 is 35.4 Å². The van der Waals surface area contributed by atoms with Crippen LogP contribution in [-0.2, 0) is 19.0 Å². The van der Waals surface area contributed by atoms with Crippen LogP contribution in [0.15, 0.2) is 11.6 Å². The zero-order chi connectivity index (χ0) is 22.3. The Morgan fingerprint density at radius 3 is 1.89 bits per heavy atom. The smallest absolute Gasteiger partial charge is 0.429 e. The average molecular weight is 397 g/mol. The van der Waals surface area contributed by atoms with Crippen LogP contribution in [-0.4, -0.2) is 47.5 Å². The van der Waals surface area contributed by atoms with E-state index in [1.165, 1.54) is 6.08 Å². The lowest BCUT2D eigenvalue weighted by Gasteiger charge is -2.34. The molecule has 0 aromatic rings. The number of rotatable bonds is 4. The van der Waals surface area contributed by atoms with Crippen LogP contribution in [0, 0.1) is 17.2 Å². The van der Waals surface area contributed by atoms with E-state index >= 15 is 0 Å². The lowest BCUT2D eigenvalue weighted by molar-refractivity contribution is -0.135. The third-order valence-corrected chi connectivity index (χ3v) is 3.05. The summed E-state index contributed by atoms with van der Waals surface area (Å²) in [5.41, 5.74) is 0.419. The number of nitrogens with one attached hydrogen (secondary N) is 1. The van der Waals surface area contributed by atoms with Crippen LogP contribution in [0.3, 0.4) is 0 Å². The number of amides is 2. The van der Waals surface area contributed by atoms with Crippen molar-refractivity contribution in [2.45, 2.75) is 72.6 Å². The van der Waals surface area contributed by atoms with Gasteiger partial charge in [0.05, 0.1) is 13.2 Å². The van der Waals surface area contributed by atoms with Gasteiger partial charge in [-0.15, -0.1) is 0 Å². The summed E-state index contributed by atoms with van der Waals surface area (Å²) in [4.78, 5) is 36.7. The van der Waals surface area contributed by atoms with Gasteiger partial charge in [-0.1, -0.05) is 13.8 Å². The molecule has 0 radical (unpaired) electrons. The largest absolute Gasteiger partial charge is 0.465 e. The van der Waals surface area contributed by atoms with E-state index in [0.717, 1.165) is 12.1 Å². The van der Waals surface area contributed by atoms with E-state index in [-0.39, 0.29) is 11.5 Å². The summed E-state index contributed by atoms with van der Waals surface area (Å²) in [6, 6.07) is 0.857. The number of carbonyl (C=O) groups excluding carboxylic acids is 3. The SMILES string of the molecule is COC(=O)/C(C#N)=C/[C@H](C(C)C)N(NC(=O)OC(C)(C)C)C(=O)OC(C)(C)C. The molecule has 0 aliphatic carbocycles. The van der Waals surface area contributed by atoms with Crippen molar-refractivity contribution in [3.8, 4) is 6.07 Å². The van der Waals surface area contributed by atoms with Gasteiger partial charge in [0, 0.05) is 0 Å². The Labute approximate surface area is 166 Å². The zero-order valence-corrected chi connectivity index (χ0v) is 18.1. The lowest BCUT2D eigenvalue weighted by atomic mass is 10.0. The Hall–Kier alpha value is -2.76. The molecule has 0 unspecified atom stereocenters. The molecule has 0 bridgehead atoms. The van der Waals surface area contributed by atoms with Crippen LogP contribution < -0.4 is 5.43 Å². The molecule has 0 aliphatic rings. The number of carbonyl (C=O) groups is 3. The molecular weight excluding hydrogens is 366 g/mol. The normalized spacial score (nSPS) is 13.2. The van der Waals surface area contributed by atoms with E-state index in [1.807, 2.05) is 0 Å². The van der Waals surface area contributed by atoms with Crippen molar-refractivity contribution in [3.63, 3.8) is 0 Å².